The molecule has 3 heteroatoms. The zero-order valence-corrected chi connectivity index (χ0v) is 22.3. The Hall–Kier alpha value is -1.38. The monoisotopic (exact) mass is 456 g/mol. The molecule has 3 aliphatic carbocycles. The quantitative estimate of drug-likeness (QED) is 0.302. The van der Waals surface area contributed by atoms with Crippen molar-refractivity contribution in [3.63, 3.8) is 0 Å². The molecule has 186 valence electrons. The van der Waals surface area contributed by atoms with Gasteiger partial charge in [-0.1, -0.05) is 70.3 Å². The minimum absolute atomic E-state index is 0.235. The van der Waals surface area contributed by atoms with Crippen molar-refractivity contribution in [2.24, 2.45) is 35.0 Å². The van der Waals surface area contributed by atoms with Gasteiger partial charge in [0.1, 0.15) is 11.9 Å². The van der Waals surface area contributed by atoms with Crippen LogP contribution in [-0.4, -0.2) is 17.9 Å². The summed E-state index contributed by atoms with van der Waals surface area (Å²) in [4.78, 5) is 24.2. The summed E-state index contributed by atoms with van der Waals surface area (Å²) in [7, 11) is 0. The van der Waals surface area contributed by atoms with Crippen LogP contribution in [0.15, 0.2) is 22.8 Å². The first-order valence-electron chi connectivity index (χ1n) is 13.6. The number of allylic oxidation sites excluding steroid dienone is 3. The van der Waals surface area contributed by atoms with E-state index in [2.05, 4.69) is 47.6 Å². The Balaban J connectivity index is 1.83. The lowest BCUT2D eigenvalue weighted by Crippen LogP contribution is -2.34. The molecule has 0 N–H and O–H groups in total. The van der Waals surface area contributed by atoms with Crippen LogP contribution in [0.25, 0.3) is 0 Å². The average molecular weight is 457 g/mol. The molecule has 1 fully saturated rings. The van der Waals surface area contributed by atoms with Gasteiger partial charge in [-0.25, -0.2) is 0 Å². The van der Waals surface area contributed by atoms with Crippen molar-refractivity contribution >= 4 is 11.8 Å². The highest BCUT2D eigenvalue weighted by molar-refractivity contribution is 5.79. The van der Waals surface area contributed by atoms with E-state index in [1.54, 1.807) is 11.1 Å². The van der Waals surface area contributed by atoms with E-state index in [1.165, 1.54) is 51.0 Å². The maximum absolute atomic E-state index is 12.8. The number of carbonyl (C=O) groups excluding carboxylic acids is 2. The van der Waals surface area contributed by atoms with Crippen LogP contribution in [-0.2, 0) is 14.3 Å². The molecule has 1 unspecified atom stereocenters. The lowest BCUT2D eigenvalue weighted by Gasteiger charge is -2.44. The van der Waals surface area contributed by atoms with Gasteiger partial charge in [0, 0.05) is 32.1 Å². The molecule has 33 heavy (non-hydrogen) atoms. The molecule has 0 heterocycles. The van der Waals surface area contributed by atoms with Gasteiger partial charge in [0.2, 0.25) is 0 Å². The van der Waals surface area contributed by atoms with E-state index in [-0.39, 0.29) is 17.9 Å². The van der Waals surface area contributed by atoms with Crippen LogP contribution in [0.2, 0.25) is 0 Å². The SMILES string of the molecule is CC(=O)O[C@H]1C/C=C(\C)[C@H]2CC[C@@]3(C)C(=C2CCC(=O)C1)CC[C@@H]3[C@H](C)CCC(C)C(C)C. The van der Waals surface area contributed by atoms with Crippen molar-refractivity contribution in [1.82, 2.24) is 0 Å². The second kappa shape index (κ2) is 10.9. The van der Waals surface area contributed by atoms with Crippen molar-refractivity contribution in [1.29, 1.82) is 0 Å². The summed E-state index contributed by atoms with van der Waals surface area (Å²) in [5.74, 6) is 3.49. The van der Waals surface area contributed by atoms with Gasteiger partial charge in [0.05, 0.1) is 0 Å². The number of hydrogen-bond donors (Lipinski definition) is 0. The predicted molar refractivity (Wildman–Crippen MR) is 136 cm³/mol. The fourth-order valence-electron chi connectivity index (χ4n) is 7.12. The first-order valence-corrected chi connectivity index (χ1v) is 13.6. The van der Waals surface area contributed by atoms with Crippen LogP contribution in [0.4, 0.5) is 0 Å². The van der Waals surface area contributed by atoms with Crippen molar-refractivity contribution < 1.29 is 14.3 Å². The second-order valence-electron chi connectivity index (χ2n) is 12.1. The molecule has 0 aromatic heterocycles. The number of ether oxygens (including phenoxy) is 1. The number of ketones is 1. The Morgan fingerprint density at radius 2 is 1.85 bits per heavy atom. The summed E-state index contributed by atoms with van der Waals surface area (Å²) < 4.78 is 5.44. The second-order valence-corrected chi connectivity index (χ2v) is 12.1. The van der Waals surface area contributed by atoms with E-state index in [9.17, 15) is 9.59 Å². The number of carbonyl (C=O) groups is 2. The van der Waals surface area contributed by atoms with Gasteiger partial charge in [-0.3, -0.25) is 9.59 Å². The van der Waals surface area contributed by atoms with Crippen LogP contribution >= 0.6 is 0 Å². The van der Waals surface area contributed by atoms with Crippen LogP contribution < -0.4 is 0 Å². The molecule has 3 aliphatic rings. The maximum Gasteiger partial charge on any atom is 0.302 e. The molecule has 3 nitrogen and oxygen atoms in total. The predicted octanol–water partition coefficient (Wildman–Crippen LogP) is 7.84. The summed E-state index contributed by atoms with van der Waals surface area (Å²) in [6, 6.07) is 0. The van der Waals surface area contributed by atoms with Gasteiger partial charge in [-0.05, 0) is 68.1 Å². The lowest BCUT2D eigenvalue weighted by atomic mass is 9.61. The highest BCUT2D eigenvalue weighted by atomic mass is 16.5. The molecule has 0 spiro atoms. The molecule has 0 saturated heterocycles. The number of Topliss-reactive ketones (excluding diaryl/α,β-unsaturated/α-hetero) is 1. The average Bonchev–Trinajstić information content (AvgIpc) is 3.10. The lowest BCUT2D eigenvalue weighted by molar-refractivity contribution is -0.147. The van der Waals surface area contributed by atoms with E-state index >= 15 is 0 Å². The van der Waals surface area contributed by atoms with E-state index in [0.29, 0.717) is 30.6 Å². The van der Waals surface area contributed by atoms with E-state index in [0.717, 1.165) is 30.1 Å². The minimum Gasteiger partial charge on any atom is -0.462 e. The molecule has 0 radical (unpaired) electrons. The Kier molecular flexibility index (Phi) is 8.67. The fraction of sp³-hybridized carbons (Fsp3) is 0.800. The smallest absolute Gasteiger partial charge is 0.302 e. The molecule has 0 aromatic carbocycles. The number of hydrogen-bond acceptors (Lipinski definition) is 3. The van der Waals surface area contributed by atoms with Crippen LogP contribution in [0.5, 0.6) is 0 Å². The first kappa shape index (κ1) is 26.2. The third-order valence-electron chi connectivity index (χ3n) is 9.59. The summed E-state index contributed by atoms with van der Waals surface area (Å²) in [5.41, 5.74) is 5.00. The third-order valence-corrected chi connectivity index (χ3v) is 9.59. The summed E-state index contributed by atoms with van der Waals surface area (Å²) in [5, 5.41) is 0. The molecular weight excluding hydrogens is 408 g/mol. The Bertz CT molecular complexity index is 788. The van der Waals surface area contributed by atoms with Gasteiger partial charge in [-0.15, -0.1) is 0 Å². The normalized spacial score (nSPS) is 34.2. The van der Waals surface area contributed by atoms with E-state index < -0.39 is 0 Å². The Morgan fingerprint density at radius 3 is 2.52 bits per heavy atom. The zero-order valence-electron chi connectivity index (χ0n) is 22.3. The van der Waals surface area contributed by atoms with Gasteiger partial charge < -0.3 is 4.74 Å². The van der Waals surface area contributed by atoms with Crippen molar-refractivity contribution in [2.75, 3.05) is 0 Å². The highest BCUT2D eigenvalue weighted by Crippen LogP contribution is 2.60. The molecule has 6 atom stereocenters. The molecular formula is C30H48O3. The number of esters is 1. The van der Waals surface area contributed by atoms with Gasteiger partial charge >= 0.3 is 5.97 Å². The molecule has 1 saturated carbocycles. The number of fused-ring (bicyclic) bond motifs is 2. The largest absolute Gasteiger partial charge is 0.462 e. The summed E-state index contributed by atoms with van der Waals surface area (Å²) in [6.07, 6.45) is 12.1. The standard InChI is InChI=1S/C30H48O3/c1-19(2)20(3)8-9-22(5)28-14-15-29-27-13-11-24(32)18-25(33-23(6)31)12-10-21(4)26(27)16-17-30(28,29)7/h10,19-20,22,25-26,28H,8-9,11-18H2,1-7H3/b21-10+/t20?,22-,25+,26-,28-,30-/m1/s1. The fourth-order valence-corrected chi connectivity index (χ4v) is 7.12. The van der Waals surface area contributed by atoms with Crippen LogP contribution in [0.1, 0.15) is 113 Å². The third kappa shape index (κ3) is 6.01. The molecule has 0 aliphatic heterocycles. The van der Waals surface area contributed by atoms with Crippen molar-refractivity contribution in [2.45, 2.75) is 119 Å². The first-order chi connectivity index (χ1) is 15.5. The number of rotatable bonds is 6. The van der Waals surface area contributed by atoms with Crippen LogP contribution in [0, 0.1) is 35.0 Å². The maximum atomic E-state index is 12.8. The molecule has 0 aromatic rings. The van der Waals surface area contributed by atoms with E-state index in [1.807, 2.05) is 0 Å². The van der Waals surface area contributed by atoms with Gasteiger partial charge in [0.15, 0.2) is 0 Å². The summed E-state index contributed by atoms with van der Waals surface area (Å²) in [6.45, 7) is 15.8. The van der Waals surface area contributed by atoms with Gasteiger partial charge in [-0.2, -0.15) is 0 Å². The van der Waals surface area contributed by atoms with Crippen molar-refractivity contribution in [3.05, 3.63) is 22.8 Å². The highest BCUT2D eigenvalue weighted by Gasteiger charge is 2.49. The van der Waals surface area contributed by atoms with E-state index in [4.69, 9.17) is 4.74 Å². The zero-order chi connectivity index (χ0) is 24.3. The minimum atomic E-state index is -0.307. The van der Waals surface area contributed by atoms with Gasteiger partial charge in [0.25, 0.3) is 0 Å². The van der Waals surface area contributed by atoms with Crippen LogP contribution in [0.3, 0.4) is 0 Å². The molecule has 3 rings (SSSR count). The Labute approximate surface area is 202 Å². The van der Waals surface area contributed by atoms with Crippen molar-refractivity contribution in [3.8, 4) is 0 Å². The summed E-state index contributed by atoms with van der Waals surface area (Å²) >= 11 is 0. The molecule has 0 amide bonds. The topological polar surface area (TPSA) is 43.4 Å². The molecule has 0 bridgehead atoms. The Morgan fingerprint density at radius 1 is 1.12 bits per heavy atom.